The lowest BCUT2D eigenvalue weighted by Gasteiger charge is -2.51. The molecule has 0 radical (unpaired) electrons. The molecule has 0 aromatic rings. The van der Waals surface area contributed by atoms with Crippen LogP contribution in [0.1, 0.15) is 27.2 Å². The Morgan fingerprint density at radius 3 is 2.33 bits per heavy atom. The molecule has 4 aliphatic rings. The minimum atomic E-state index is -0.0719. The number of hydrogen-bond acceptors (Lipinski definition) is 2. The molecule has 1 saturated carbocycles. The summed E-state index contributed by atoms with van der Waals surface area (Å²) in [4.78, 5) is 24.3. The summed E-state index contributed by atoms with van der Waals surface area (Å²) in [6, 6.07) is 0. The fourth-order valence-electron chi connectivity index (χ4n) is 4.32. The van der Waals surface area contributed by atoms with Crippen LogP contribution in [0.15, 0.2) is 23.8 Å². The third-order valence-corrected chi connectivity index (χ3v) is 5.22. The standard InChI is InChI=1S/C16H20O2/c1-8(2)10-7-11-9(3)6-12(10)16-14(18)5-4-13(17)15(11)16/h4-6,8,10-12,15-16H,7H2,1-3H3/t10-,11-,12-,15-,16+/m1/s1. The highest BCUT2D eigenvalue weighted by molar-refractivity contribution is 6.08. The Balaban J connectivity index is 2.07. The number of fused-ring (bicyclic) bond motifs is 1. The number of ketones is 2. The van der Waals surface area contributed by atoms with Gasteiger partial charge in [0.25, 0.3) is 0 Å². The van der Waals surface area contributed by atoms with E-state index in [4.69, 9.17) is 0 Å². The van der Waals surface area contributed by atoms with E-state index >= 15 is 0 Å². The minimum Gasteiger partial charge on any atom is -0.294 e. The van der Waals surface area contributed by atoms with E-state index in [0.29, 0.717) is 17.8 Å². The zero-order chi connectivity index (χ0) is 13.0. The monoisotopic (exact) mass is 244 g/mol. The van der Waals surface area contributed by atoms with Gasteiger partial charge in [-0.25, -0.2) is 0 Å². The summed E-state index contributed by atoms with van der Waals surface area (Å²) in [5.74, 6) is 1.92. The Kier molecular flexibility index (Phi) is 2.58. The van der Waals surface area contributed by atoms with Gasteiger partial charge in [0.15, 0.2) is 11.6 Å². The SMILES string of the molecule is CC1=C[C@H]2[C@H]3C(=O)C=CC(=O)[C@H]3[C@@H]1C[C@@H]2C(C)C. The molecule has 0 spiro atoms. The molecular weight excluding hydrogens is 224 g/mol. The van der Waals surface area contributed by atoms with Gasteiger partial charge in [-0.3, -0.25) is 9.59 Å². The summed E-state index contributed by atoms with van der Waals surface area (Å²) >= 11 is 0. The third-order valence-electron chi connectivity index (χ3n) is 5.22. The lowest BCUT2D eigenvalue weighted by molar-refractivity contribution is -0.137. The Hall–Kier alpha value is -1.18. The zero-order valence-electron chi connectivity index (χ0n) is 11.2. The van der Waals surface area contributed by atoms with Crippen molar-refractivity contribution >= 4 is 11.6 Å². The predicted molar refractivity (Wildman–Crippen MR) is 69.8 cm³/mol. The van der Waals surface area contributed by atoms with E-state index in [0.717, 1.165) is 6.42 Å². The maximum atomic E-state index is 12.2. The van der Waals surface area contributed by atoms with Crippen LogP contribution >= 0.6 is 0 Å². The second-order valence-corrected chi connectivity index (χ2v) is 6.43. The second kappa shape index (κ2) is 3.91. The molecule has 0 amide bonds. The first-order valence-corrected chi connectivity index (χ1v) is 6.94. The Labute approximate surface area is 108 Å². The van der Waals surface area contributed by atoms with E-state index < -0.39 is 0 Å². The Bertz CT molecular complexity index is 469. The Morgan fingerprint density at radius 1 is 1.11 bits per heavy atom. The van der Waals surface area contributed by atoms with E-state index in [-0.39, 0.29) is 29.3 Å². The van der Waals surface area contributed by atoms with Crippen LogP contribution in [0.5, 0.6) is 0 Å². The van der Waals surface area contributed by atoms with Crippen molar-refractivity contribution in [2.45, 2.75) is 27.2 Å². The zero-order valence-corrected chi connectivity index (χ0v) is 11.2. The molecule has 2 heteroatoms. The van der Waals surface area contributed by atoms with Crippen molar-refractivity contribution in [2.75, 3.05) is 0 Å². The Morgan fingerprint density at radius 2 is 1.72 bits per heavy atom. The van der Waals surface area contributed by atoms with Gasteiger partial charge in [-0.1, -0.05) is 25.5 Å². The van der Waals surface area contributed by atoms with Gasteiger partial charge in [-0.15, -0.1) is 0 Å². The average molecular weight is 244 g/mol. The van der Waals surface area contributed by atoms with Gasteiger partial charge in [0.2, 0.25) is 0 Å². The molecule has 1 fully saturated rings. The molecule has 4 aliphatic carbocycles. The molecule has 0 saturated heterocycles. The minimum absolute atomic E-state index is 0.0625. The highest BCUT2D eigenvalue weighted by atomic mass is 16.1. The van der Waals surface area contributed by atoms with Crippen LogP contribution in [-0.2, 0) is 9.59 Å². The fourth-order valence-corrected chi connectivity index (χ4v) is 4.32. The maximum Gasteiger partial charge on any atom is 0.160 e. The predicted octanol–water partition coefficient (Wildman–Crippen LogP) is 2.80. The highest BCUT2D eigenvalue weighted by Gasteiger charge is 2.53. The average Bonchev–Trinajstić information content (AvgIpc) is 2.33. The normalized spacial score (nSPS) is 42.2. The molecule has 4 rings (SSSR count). The summed E-state index contributed by atoms with van der Waals surface area (Å²) in [6.07, 6.45) is 6.37. The van der Waals surface area contributed by atoms with Crippen molar-refractivity contribution in [3.8, 4) is 0 Å². The van der Waals surface area contributed by atoms with Crippen molar-refractivity contribution in [1.82, 2.24) is 0 Å². The molecule has 0 N–H and O–H groups in total. The summed E-state index contributed by atoms with van der Waals surface area (Å²) < 4.78 is 0. The number of carbonyl (C=O) groups is 2. The van der Waals surface area contributed by atoms with Crippen molar-refractivity contribution < 1.29 is 9.59 Å². The molecule has 0 aromatic carbocycles. The van der Waals surface area contributed by atoms with E-state index in [1.54, 1.807) is 0 Å². The topological polar surface area (TPSA) is 34.1 Å². The molecule has 2 bridgehead atoms. The van der Waals surface area contributed by atoms with Gasteiger partial charge < -0.3 is 0 Å². The van der Waals surface area contributed by atoms with E-state index in [1.165, 1.54) is 17.7 Å². The maximum absolute atomic E-state index is 12.2. The first kappa shape index (κ1) is 11.9. The quantitative estimate of drug-likeness (QED) is 0.665. The van der Waals surface area contributed by atoms with Crippen molar-refractivity contribution in [3.63, 3.8) is 0 Å². The van der Waals surface area contributed by atoms with E-state index in [9.17, 15) is 9.59 Å². The molecular formula is C16H20O2. The summed E-state index contributed by atoms with van der Waals surface area (Å²) in [5, 5.41) is 0. The van der Waals surface area contributed by atoms with Gasteiger partial charge in [0.1, 0.15) is 0 Å². The van der Waals surface area contributed by atoms with Crippen LogP contribution < -0.4 is 0 Å². The van der Waals surface area contributed by atoms with Crippen LogP contribution in [-0.4, -0.2) is 11.6 Å². The van der Waals surface area contributed by atoms with Crippen molar-refractivity contribution in [3.05, 3.63) is 23.8 Å². The molecule has 96 valence electrons. The number of allylic oxidation sites excluding steroid dienone is 4. The van der Waals surface area contributed by atoms with Gasteiger partial charge in [-0.05, 0) is 49.2 Å². The smallest absolute Gasteiger partial charge is 0.160 e. The van der Waals surface area contributed by atoms with Crippen LogP contribution in [0.3, 0.4) is 0 Å². The van der Waals surface area contributed by atoms with Crippen molar-refractivity contribution in [1.29, 1.82) is 0 Å². The van der Waals surface area contributed by atoms with Crippen LogP contribution in [0, 0.1) is 35.5 Å². The molecule has 18 heavy (non-hydrogen) atoms. The van der Waals surface area contributed by atoms with E-state index in [2.05, 4.69) is 26.8 Å². The summed E-state index contributed by atoms with van der Waals surface area (Å²) in [5.41, 5.74) is 1.33. The lowest BCUT2D eigenvalue weighted by atomic mass is 9.51. The van der Waals surface area contributed by atoms with Gasteiger partial charge >= 0.3 is 0 Å². The largest absolute Gasteiger partial charge is 0.294 e. The molecule has 0 heterocycles. The van der Waals surface area contributed by atoms with Gasteiger partial charge in [0, 0.05) is 11.8 Å². The lowest BCUT2D eigenvalue weighted by Crippen LogP contribution is -2.52. The molecule has 0 aliphatic heterocycles. The second-order valence-electron chi connectivity index (χ2n) is 6.43. The molecule has 2 nitrogen and oxygen atoms in total. The molecule has 0 aromatic heterocycles. The third kappa shape index (κ3) is 1.47. The number of hydrogen-bond donors (Lipinski definition) is 0. The summed E-state index contributed by atoms with van der Waals surface area (Å²) in [7, 11) is 0. The first-order chi connectivity index (χ1) is 8.50. The first-order valence-electron chi connectivity index (χ1n) is 6.94. The van der Waals surface area contributed by atoms with Crippen LogP contribution in [0.2, 0.25) is 0 Å². The van der Waals surface area contributed by atoms with Gasteiger partial charge in [0.05, 0.1) is 0 Å². The fraction of sp³-hybridized carbons (Fsp3) is 0.625. The van der Waals surface area contributed by atoms with E-state index in [1.807, 2.05) is 0 Å². The van der Waals surface area contributed by atoms with Gasteiger partial charge in [-0.2, -0.15) is 0 Å². The number of rotatable bonds is 1. The van der Waals surface area contributed by atoms with Crippen LogP contribution in [0.25, 0.3) is 0 Å². The van der Waals surface area contributed by atoms with Crippen molar-refractivity contribution in [2.24, 2.45) is 35.5 Å². The molecule has 0 unspecified atom stereocenters. The highest BCUT2D eigenvalue weighted by Crippen LogP contribution is 2.54. The number of carbonyl (C=O) groups excluding carboxylic acids is 2. The van der Waals surface area contributed by atoms with Crippen LogP contribution in [0.4, 0.5) is 0 Å². The molecule has 5 atom stereocenters. The summed E-state index contributed by atoms with van der Waals surface area (Å²) in [6.45, 7) is 6.59.